The summed E-state index contributed by atoms with van der Waals surface area (Å²) in [6.07, 6.45) is -0.779. The number of carbonyl (C=O) groups is 4. The lowest BCUT2D eigenvalue weighted by Crippen LogP contribution is -2.29. The lowest BCUT2D eigenvalue weighted by Gasteiger charge is -2.16. The molecule has 0 saturated heterocycles. The molecule has 0 spiro atoms. The molecule has 10 rings (SSSR count). The third-order valence-electron chi connectivity index (χ3n) is 10.2. The van der Waals surface area contributed by atoms with E-state index in [1.54, 1.807) is 60.7 Å². The summed E-state index contributed by atoms with van der Waals surface area (Å²) in [6, 6.07) is 20.3. The van der Waals surface area contributed by atoms with Crippen molar-refractivity contribution in [3.63, 3.8) is 0 Å². The minimum absolute atomic E-state index is 0.0447. The Morgan fingerprint density at radius 2 is 0.952 bits per heavy atom. The number of amides is 4. The first-order valence-corrected chi connectivity index (χ1v) is 19.4. The van der Waals surface area contributed by atoms with Gasteiger partial charge in [-0.15, -0.1) is 0 Å². The van der Waals surface area contributed by atoms with Gasteiger partial charge in [0.1, 0.15) is 0 Å². The van der Waals surface area contributed by atoms with Gasteiger partial charge < -0.3 is 5.11 Å². The Bertz CT molecular complexity index is 2690. The monoisotopic (exact) mass is 866 g/mol. The van der Waals surface area contributed by atoms with Crippen molar-refractivity contribution < 1.29 is 50.6 Å². The topological polar surface area (TPSA) is 181 Å². The zero-order valence-electron chi connectivity index (χ0n) is 32.6. The number of pyridine rings is 2. The van der Waals surface area contributed by atoms with E-state index in [4.69, 9.17) is 0 Å². The van der Waals surface area contributed by atoms with Gasteiger partial charge in [-0.1, -0.05) is 24.3 Å². The minimum atomic E-state index is -4.63. The third kappa shape index (κ3) is 9.47. The molecule has 2 saturated carbocycles. The molecule has 6 heterocycles. The van der Waals surface area contributed by atoms with Gasteiger partial charge in [0, 0.05) is 59.1 Å². The van der Waals surface area contributed by atoms with Gasteiger partial charge in [-0.3, -0.25) is 39.4 Å². The number of alkyl halides is 6. The smallest absolute Gasteiger partial charge is 0.392 e. The van der Waals surface area contributed by atoms with Crippen LogP contribution < -0.4 is 5.32 Å². The van der Waals surface area contributed by atoms with Gasteiger partial charge in [0.25, 0.3) is 23.6 Å². The predicted molar refractivity (Wildman–Crippen MR) is 209 cm³/mol. The summed E-state index contributed by atoms with van der Waals surface area (Å²) >= 11 is 0. The van der Waals surface area contributed by atoms with Crippen molar-refractivity contribution in [3.05, 3.63) is 154 Å². The largest absolute Gasteiger partial charge is 0.451 e. The van der Waals surface area contributed by atoms with Gasteiger partial charge in [0.2, 0.25) is 11.6 Å². The van der Waals surface area contributed by atoms with E-state index in [2.05, 4.69) is 35.2 Å². The Morgan fingerprint density at radius 3 is 1.33 bits per heavy atom. The van der Waals surface area contributed by atoms with Crippen molar-refractivity contribution in [2.24, 2.45) is 0 Å². The number of hydrogen-bond donors (Lipinski definition) is 2. The Hall–Kier alpha value is -7.28. The van der Waals surface area contributed by atoms with Crippen LogP contribution in [0, 0.1) is 0 Å². The van der Waals surface area contributed by atoms with Gasteiger partial charge in [0.05, 0.1) is 46.8 Å². The van der Waals surface area contributed by atoms with Crippen LogP contribution in [0.15, 0.2) is 97.6 Å². The Morgan fingerprint density at radius 1 is 0.571 bits per heavy atom. The van der Waals surface area contributed by atoms with Crippen LogP contribution in [0.3, 0.4) is 0 Å². The molecule has 0 bridgehead atoms. The quantitative estimate of drug-likeness (QED) is 0.118. The fourth-order valence-corrected chi connectivity index (χ4v) is 6.77. The molecule has 2 aromatic carbocycles. The number of aliphatic hydroxyl groups excluding tert-OH is 1. The summed E-state index contributed by atoms with van der Waals surface area (Å²) < 4.78 is 75.6. The highest BCUT2D eigenvalue weighted by Gasteiger charge is 2.37. The number of halogens is 6. The van der Waals surface area contributed by atoms with Crippen LogP contribution in [0.1, 0.15) is 113 Å². The first kappa shape index (κ1) is 42.4. The van der Waals surface area contributed by atoms with E-state index in [1.165, 1.54) is 4.90 Å². The zero-order valence-corrected chi connectivity index (χ0v) is 32.6. The molecule has 0 radical (unpaired) electrons. The number of aromatic nitrogens is 6. The van der Waals surface area contributed by atoms with Gasteiger partial charge in [-0.25, -0.2) is 19.9 Å². The summed E-state index contributed by atoms with van der Waals surface area (Å²) in [5.74, 6) is -3.10. The molecule has 19 heteroatoms. The average Bonchev–Trinajstić information content (AvgIpc) is 4.23. The van der Waals surface area contributed by atoms with Gasteiger partial charge in [-0.2, -0.15) is 26.3 Å². The van der Waals surface area contributed by atoms with Crippen LogP contribution in [-0.4, -0.2) is 63.5 Å². The maximum atomic E-state index is 12.8. The zero-order chi connectivity index (χ0) is 44.6. The second kappa shape index (κ2) is 16.9. The third-order valence-corrected chi connectivity index (χ3v) is 10.2. The molecule has 0 unspecified atom stereocenters. The summed E-state index contributed by atoms with van der Waals surface area (Å²) in [6.45, 7) is -0.0974. The molecule has 2 N–H and O–H groups in total. The normalized spacial score (nSPS) is 15.5. The van der Waals surface area contributed by atoms with Crippen LogP contribution in [0.5, 0.6) is 0 Å². The number of benzene rings is 2. The van der Waals surface area contributed by atoms with Crippen molar-refractivity contribution in [3.8, 4) is 22.5 Å². The van der Waals surface area contributed by atoms with E-state index in [0.717, 1.165) is 61.9 Å². The summed E-state index contributed by atoms with van der Waals surface area (Å²) in [5.41, 5.74) is 6.28. The van der Waals surface area contributed by atoms with Crippen molar-refractivity contribution in [1.82, 2.24) is 40.1 Å². The molecule has 320 valence electrons. The average molecular weight is 867 g/mol. The van der Waals surface area contributed by atoms with Crippen LogP contribution in [0.4, 0.5) is 26.3 Å². The highest BCUT2D eigenvalue weighted by Crippen LogP contribution is 2.41. The Labute approximate surface area is 353 Å². The number of nitrogens with one attached hydrogen (secondary N) is 1. The van der Waals surface area contributed by atoms with E-state index in [0.29, 0.717) is 61.8 Å². The molecule has 6 aromatic rings. The van der Waals surface area contributed by atoms with Crippen LogP contribution in [0.2, 0.25) is 0 Å². The molecule has 2 fully saturated rings. The highest BCUT2D eigenvalue weighted by molar-refractivity contribution is 6.22. The van der Waals surface area contributed by atoms with Crippen molar-refractivity contribution in [2.75, 3.05) is 0 Å². The molecule has 0 atom stereocenters. The number of carbonyl (C=O) groups excluding carboxylic acids is 4. The highest BCUT2D eigenvalue weighted by atomic mass is 19.4. The molecule has 4 amide bonds. The molecule has 4 aromatic heterocycles. The van der Waals surface area contributed by atoms with Crippen molar-refractivity contribution in [1.29, 1.82) is 0 Å². The SMILES string of the molecule is O=C1NC(=O)c2ccccc21.O=C1c2ccccc2C(=O)N1Cc1cc(-c2cnc(C(F)(F)F)nc2)nc(C2CC2)c1.OCc1cc(-c2cnc(C(F)(F)F)nc2)nc(C2CC2)c1. The maximum absolute atomic E-state index is 12.8. The number of rotatable bonds is 7. The number of fused-ring (bicyclic) bond motifs is 2. The fourth-order valence-electron chi connectivity index (χ4n) is 6.77. The second-order valence-corrected chi connectivity index (χ2v) is 14.9. The van der Waals surface area contributed by atoms with E-state index in [-0.39, 0.29) is 42.7 Å². The van der Waals surface area contributed by atoms with E-state index < -0.39 is 24.0 Å². The lowest BCUT2D eigenvalue weighted by atomic mass is 10.1. The number of nitrogens with zero attached hydrogens (tertiary/aromatic N) is 7. The molecule has 63 heavy (non-hydrogen) atoms. The summed E-state index contributed by atoms with van der Waals surface area (Å²) in [7, 11) is 0. The second-order valence-electron chi connectivity index (χ2n) is 14.9. The van der Waals surface area contributed by atoms with E-state index in [9.17, 15) is 50.6 Å². The first-order valence-electron chi connectivity index (χ1n) is 19.4. The minimum Gasteiger partial charge on any atom is -0.392 e. The van der Waals surface area contributed by atoms with E-state index >= 15 is 0 Å². The number of hydrogen-bond acceptors (Lipinski definition) is 11. The Balaban J connectivity index is 0.000000146. The van der Waals surface area contributed by atoms with Gasteiger partial charge in [0.15, 0.2) is 0 Å². The Kier molecular flexibility index (Phi) is 11.4. The molecule has 2 aliphatic carbocycles. The van der Waals surface area contributed by atoms with Crippen molar-refractivity contribution in [2.45, 2.75) is 63.0 Å². The van der Waals surface area contributed by atoms with E-state index in [1.807, 2.05) is 12.1 Å². The van der Waals surface area contributed by atoms with Crippen LogP contribution >= 0.6 is 0 Å². The van der Waals surface area contributed by atoms with Crippen LogP contribution in [0.25, 0.3) is 22.5 Å². The van der Waals surface area contributed by atoms with Gasteiger partial charge in [-0.05, 0) is 85.3 Å². The maximum Gasteiger partial charge on any atom is 0.451 e. The van der Waals surface area contributed by atoms with Crippen molar-refractivity contribution >= 4 is 23.6 Å². The van der Waals surface area contributed by atoms with Crippen LogP contribution in [-0.2, 0) is 25.5 Å². The first-order chi connectivity index (χ1) is 30.1. The molecular formula is C44H32F6N8O5. The number of imide groups is 2. The molecule has 13 nitrogen and oxygen atoms in total. The lowest BCUT2D eigenvalue weighted by molar-refractivity contribution is -0.145. The fraction of sp³-hybridized carbons (Fsp3) is 0.227. The summed E-state index contributed by atoms with van der Waals surface area (Å²) in [5, 5.41) is 11.5. The molecular weight excluding hydrogens is 835 g/mol. The van der Waals surface area contributed by atoms with Gasteiger partial charge >= 0.3 is 12.4 Å². The standard InChI is InChI=1S/C22H15F3N4O2.C14H12F3N3O.C8H5NO2/c23-22(24,25)21-26-9-14(10-27-21)18-8-12(7-17(28-18)13-5-6-13)11-29-19(30)15-3-1-2-4-16(15)20(29)31;15-14(16,17)13-18-5-10(6-19-13)12-4-8(7-21)3-11(20-12)9-1-2-9;10-7-5-3-1-2-4-6(5)8(11)9-7/h1-4,7-10,13H,5-6,11H2;3-6,9,21H,1-2,7H2;1-4H,(H,9,10,11). The predicted octanol–water partition coefficient (Wildman–Crippen LogP) is 7.73. The number of aliphatic hydroxyl groups is 1. The summed E-state index contributed by atoms with van der Waals surface area (Å²) in [4.78, 5) is 70.9. The molecule has 4 aliphatic rings. The molecule has 2 aliphatic heterocycles.